The molecule has 0 spiro atoms. The standard InChI is InChI=1S/C17H28N4O3/c1-12-7-19-15(13(2)17(12)23-4)10-21-5-6-24-14(9-21)8-20(3)11-16(18)22/h7,14H,5-6,8-11H2,1-4H3,(H2,18,22)/t14-/m0/s1. The molecule has 24 heavy (non-hydrogen) atoms. The molecule has 1 amide bonds. The van der Waals surface area contributed by atoms with Gasteiger partial charge in [-0.3, -0.25) is 19.6 Å². The first-order chi connectivity index (χ1) is 11.4. The van der Waals surface area contributed by atoms with Crippen molar-refractivity contribution in [2.45, 2.75) is 26.5 Å². The van der Waals surface area contributed by atoms with E-state index in [0.29, 0.717) is 13.2 Å². The van der Waals surface area contributed by atoms with Crippen LogP contribution in [0.15, 0.2) is 6.20 Å². The van der Waals surface area contributed by atoms with Gasteiger partial charge in [-0.25, -0.2) is 0 Å². The molecule has 1 aliphatic rings. The van der Waals surface area contributed by atoms with Crippen LogP contribution in [0, 0.1) is 13.8 Å². The number of carbonyl (C=O) groups is 1. The average Bonchev–Trinajstić information content (AvgIpc) is 2.50. The Bertz CT molecular complexity index is 579. The van der Waals surface area contributed by atoms with Gasteiger partial charge in [0, 0.05) is 43.5 Å². The summed E-state index contributed by atoms with van der Waals surface area (Å²) < 4.78 is 11.3. The number of aromatic nitrogens is 1. The normalized spacial score (nSPS) is 18.8. The molecule has 0 saturated carbocycles. The molecule has 7 heteroatoms. The van der Waals surface area contributed by atoms with E-state index in [-0.39, 0.29) is 18.6 Å². The van der Waals surface area contributed by atoms with Crippen molar-refractivity contribution < 1.29 is 14.3 Å². The largest absolute Gasteiger partial charge is 0.496 e. The van der Waals surface area contributed by atoms with Crippen LogP contribution < -0.4 is 10.5 Å². The van der Waals surface area contributed by atoms with E-state index in [1.165, 1.54) is 0 Å². The van der Waals surface area contributed by atoms with Crippen LogP contribution >= 0.6 is 0 Å². The molecule has 2 heterocycles. The van der Waals surface area contributed by atoms with Gasteiger partial charge in [-0.2, -0.15) is 0 Å². The Morgan fingerprint density at radius 1 is 1.54 bits per heavy atom. The maximum absolute atomic E-state index is 11.0. The van der Waals surface area contributed by atoms with Gasteiger partial charge in [-0.15, -0.1) is 0 Å². The molecule has 1 atom stereocenters. The molecule has 2 N–H and O–H groups in total. The molecule has 0 aromatic carbocycles. The summed E-state index contributed by atoms with van der Waals surface area (Å²) in [5.41, 5.74) is 8.40. The number of nitrogens with two attached hydrogens (primary N) is 1. The second-order valence-electron chi connectivity index (χ2n) is 6.44. The zero-order chi connectivity index (χ0) is 17.7. The van der Waals surface area contributed by atoms with Crippen molar-refractivity contribution in [3.63, 3.8) is 0 Å². The number of hydrogen-bond donors (Lipinski definition) is 1. The zero-order valence-corrected chi connectivity index (χ0v) is 15.0. The van der Waals surface area contributed by atoms with Crippen molar-refractivity contribution in [2.75, 3.05) is 46.9 Å². The highest BCUT2D eigenvalue weighted by molar-refractivity contribution is 5.75. The second kappa shape index (κ2) is 8.41. The number of ether oxygens (including phenoxy) is 2. The van der Waals surface area contributed by atoms with E-state index in [9.17, 15) is 4.79 Å². The lowest BCUT2D eigenvalue weighted by Crippen LogP contribution is -2.47. The van der Waals surface area contributed by atoms with Crippen LogP contribution in [0.25, 0.3) is 0 Å². The highest BCUT2D eigenvalue weighted by atomic mass is 16.5. The topological polar surface area (TPSA) is 80.9 Å². The maximum atomic E-state index is 11.0. The maximum Gasteiger partial charge on any atom is 0.231 e. The smallest absolute Gasteiger partial charge is 0.231 e. The van der Waals surface area contributed by atoms with Gasteiger partial charge in [-0.1, -0.05) is 0 Å². The monoisotopic (exact) mass is 336 g/mol. The van der Waals surface area contributed by atoms with Crippen LogP contribution in [0.2, 0.25) is 0 Å². The first-order valence-electron chi connectivity index (χ1n) is 8.20. The fraction of sp³-hybridized carbons (Fsp3) is 0.647. The summed E-state index contributed by atoms with van der Waals surface area (Å²) in [6.45, 7) is 8.10. The third kappa shape index (κ3) is 4.90. The Hall–Kier alpha value is -1.70. The number of likely N-dealkylation sites (N-methyl/N-ethyl adjacent to an activating group) is 1. The minimum atomic E-state index is -0.322. The lowest BCUT2D eigenvalue weighted by Gasteiger charge is -2.34. The molecule has 0 unspecified atom stereocenters. The van der Waals surface area contributed by atoms with Gasteiger partial charge in [0.05, 0.1) is 32.1 Å². The van der Waals surface area contributed by atoms with E-state index in [0.717, 1.165) is 42.2 Å². The minimum Gasteiger partial charge on any atom is -0.496 e. The number of amides is 1. The number of nitrogens with zero attached hydrogens (tertiary/aromatic N) is 3. The summed E-state index contributed by atoms with van der Waals surface area (Å²) in [4.78, 5) is 19.8. The molecule has 1 fully saturated rings. The summed E-state index contributed by atoms with van der Waals surface area (Å²) in [5, 5.41) is 0. The van der Waals surface area contributed by atoms with E-state index in [1.807, 2.05) is 32.0 Å². The number of carbonyl (C=O) groups excluding carboxylic acids is 1. The van der Waals surface area contributed by atoms with Crippen LogP contribution in [-0.2, 0) is 16.1 Å². The van der Waals surface area contributed by atoms with Crippen LogP contribution in [0.5, 0.6) is 5.75 Å². The number of pyridine rings is 1. The van der Waals surface area contributed by atoms with Gasteiger partial charge >= 0.3 is 0 Å². The van der Waals surface area contributed by atoms with E-state index in [2.05, 4.69) is 9.88 Å². The lowest BCUT2D eigenvalue weighted by molar-refractivity contribution is -0.119. The Balaban J connectivity index is 1.97. The first-order valence-corrected chi connectivity index (χ1v) is 8.20. The summed E-state index contributed by atoms with van der Waals surface area (Å²) >= 11 is 0. The van der Waals surface area contributed by atoms with Crippen LogP contribution in [-0.4, -0.2) is 73.7 Å². The van der Waals surface area contributed by atoms with Crippen LogP contribution in [0.1, 0.15) is 16.8 Å². The zero-order valence-electron chi connectivity index (χ0n) is 15.0. The van der Waals surface area contributed by atoms with Gasteiger partial charge in [0.15, 0.2) is 0 Å². The molecule has 1 aromatic heterocycles. The number of methoxy groups -OCH3 is 1. The average molecular weight is 336 g/mol. The second-order valence-corrected chi connectivity index (χ2v) is 6.44. The lowest BCUT2D eigenvalue weighted by atomic mass is 10.1. The Kier molecular flexibility index (Phi) is 6.53. The van der Waals surface area contributed by atoms with Crippen molar-refractivity contribution in [3.05, 3.63) is 23.0 Å². The van der Waals surface area contributed by atoms with E-state index in [4.69, 9.17) is 15.2 Å². The molecule has 134 valence electrons. The minimum absolute atomic E-state index is 0.0655. The third-order valence-electron chi connectivity index (χ3n) is 4.29. The molecule has 1 aromatic rings. The molecule has 7 nitrogen and oxygen atoms in total. The Morgan fingerprint density at radius 3 is 2.96 bits per heavy atom. The van der Waals surface area contributed by atoms with E-state index in [1.54, 1.807) is 7.11 Å². The summed E-state index contributed by atoms with van der Waals surface area (Å²) in [6.07, 6.45) is 1.93. The van der Waals surface area contributed by atoms with Gasteiger partial charge < -0.3 is 15.2 Å². The molecular weight excluding hydrogens is 308 g/mol. The first kappa shape index (κ1) is 18.6. The molecule has 1 saturated heterocycles. The SMILES string of the molecule is COc1c(C)cnc(CN2CCO[C@@H](CN(C)CC(N)=O)C2)c1C. The molecule has 2 rings (SSSR count). The van der Waals surface area contributed by atoms with Gasteiger partial charge in [0.2, 0.25) is 5.91 Å². The number of rotatable bonds is 7. The van der Waals surface area contributed by atoms with Gasteiger partial charge in [-0.05, 0) is 20.9 Å². The number of primary amides is 1. The molecule has 0 bridgehead atoms. The van der Waals surface area contributed by atoms with Crippen LogP contribution in [0.3, 0.4) is 0 Å². The highest BCUT2D eigenvalue weighted by Crippen LogP contribution is 2.25. The Morgan fingerprint density at radius 2 is 2.29 bits per heavy atom. The predicted octanol–water partition coefficient (Wildman–Crippen LogP) is 0.325. The Labute approximate surface area is 143 Å². The van der Waals surface area contributed by atoms with Gasteiger partial charge in [0.1, 0.15) is 5.75 Å². The molecule has 0 radical (unpaired) electrons. The highest BCUT2D eigenvalue weighted by Gasteiger charge is 2.23. The molecular formula is C17H28N4O3. The van der Waals surface area contributed by atoms with Crippen molar-refractivity contribution in [1.82, 2.24) is 14.8 Å². The van der Waals surface area contributed by atoms with Crippen molar-refractivity contribution in [3.8, 4) is 5.75 Å². The van der Waals surface area contributed by atoms with E-state index < -0.39 is 0 Å². The predicted molar refractivity (Wildman–Crippen MR) is 92.0 cm³/mol. The fourth-order valence-electron chi connectivity index (χ4n) is 3.15. The third-order valence-corrected chi connectivity index (χ3v) is 4.29. The fourth-order valence-corrected chi connectivity index (χ4v) is 3.15. The van der Waals surface area contributed by atoms with Crippen molar-refractivity contribution >= 4 is 5.91 Å². The van der Waals surface area contributed by atoms with Crippen molar-refractivity contribution in [2.24, 2.45) is 5.73 Å². The van der Waals surface area contributed by atoms with Crippen molar-refractivity contribution in [1.29, 1.82) is 0 Å². The number of morpholine rings is 1. The summed E-state index contributed by atoms with van der Waals surface area (Å²) in [6, 6.07) is 0. The number of hydrogen-bond acceptors (Lipinski definition) is 6. The summed E-state index contributed by atoms with van der Waals surface area (Å²) in [7, 11) is 3.57. The molecule has 1 aliphatic heterocycles. The molecule has 0 aliphatic carbocycles. The van der Waals surface area contributed by atoms with Crippen LogP contribution in [0.4, 0.5) is 0 Å². The summed E-state index contributed by atoms with van der Waals surface area (Å²) in [5.74, 6) is 0.586. The van der Waals surface area contributed by atoms with E-state index >= 15 is 0 Å². The number of aryl methyl sites for hydroxylation is 1. The quantitative estimate of drug-likeness (QED) is 0.773. The van der Waals surface area contributed by atoms with Gasteiger partial charge in [0.25, 0.3) is 0 Å².